The van der Waals surface area contributed by atoms with Gasteiger partial charge in [0.25, 0.3) is 0 Å². The van der Waals surface area contributed by atoms with Crippen molar-refractivity contribution in [2.45, 2.75) is 42.8 Å². The molecule has 1 atom stereocenters. The highest BCUT2D eigenvalue weighted by Crippen LogP contribution is 2.58. The van der Waals surface area contributed by atoms with Crippen LogP contribution in [0.1, 0.15) is 6.92 Å². The molecule has 0 aromatic heterocycles. The van der Waals surface area contributed by atoms with Crippen LogP contribution in [0.15, 0.2) is 12.2 Å². The van der Waals surface area contributed by atoms with Gasteiger partial charge in [0.1, 0.15) is 0 Å². The summed E-state index contributed by atoms with van der Waals surface area (Å²) in [6, 6.07) is 0. The highest BCUT2D eigenvalue weighted by molar-refractivity contribution is 5.84. The maximum atomic E-state index is 12.5. The van der Waals surface area contributed by atoms with Gasteiger partial charge in [-0.25, -0.2) is 4.79 Å². The predicted molar refractivity (Wildman–Crippen MR) is 56.6 cm³/mol. The Kier molecular flexibility index (Phi) is 7.27. The van der Waals surface area contributed by atoms with E-state index in [9.17, 15) is 57.5 Å². The molecule has 0 aromatic carbocycles. The van der Waals surface area contributed by atoms with Crippen LogP contribution in [0.3, 0.4) is 0 Å². The molecule has 0 aliphatic carbocycles. The number of carbonyl (C=O) groups is 1. The average Bonchev–Trinajstić information content (AvgIpc) is 2.35. The van der Waals surface area contributed by atoms with Crippen LogP contribution in [0.25, 0.3) is 0 Å². The molecule has 0 saturated heterocycles. The smallest absolute Gasteiger partial charge is 0.460 e. The lowest BCUT2D eigenvalue weighted by Gasteiger charge is -2.39. The first kappa shape index (κ1) is 26.5. The monoisotopic (exact) mass is 420 g/mol. The first-order valence-electron chi connectivity index (χ1n) is 5.50. The molecule has 0 bridgehead atoms. The second-order valence-electron chi connectivity index (χ2n) is 4.47. The SMILES string of the molecule is C=C(C)C(=O)O.OC(F)(F)C(O)(F)C(F)(F)C(F)(F)C(F)(F)C(F)(F)F. The summed E-state index contributed by atoms with van der Waals surface area (Å²) in [5, 5.41) is 23.1. The summed E-state index contributed by atoms with van der Waals surface area (Å²) in [7, 11) is 0. The molecule has 0 amide bonds. The van der Waals surface area contributed by atoms with Gasteiger partial charge in [0.15, 0.2) is 0 Å². The van der Waals surface area contributed by atoms with Crippen molar-refractivity contribution >= 4 is 5.97 Å². The van der Waals surface area contributed by atoms with E-state index < -0.39 is 41.9 Å². The molecule has 0 saturated carbocycles. The minimum absolute atomic E-state index is 0.176. The molecule has 1 unspecified atom stereocenters. The van der Waals surface area contributed by atoms with Crippen LogP contribution in [-0.2, 0) is 4.79 Å². The van der Waals surface area contributed by atoms with Gasteiger partial charge in [0, 0.05) is 5.57 Å². The van der Waals surface area contributed by atoms with Gasteiger partial charge in [-0.1, -0.05) is 6.58 Å². The quantitative estimate of drug-likeness (QED) is 0.471. The molecule has 0 aromatic rings. The van der Waals surface area contributed by atoms with Gasteiger partial charge in [-0.05, 0) is 6.92 Å². The normalized spacial score (nSPS) is 16.3. The fourth-order valence-electron chi connectivity index (χ4n) is 0.772. The number of halogens is 12. The Morgan fingerprint density at radius 2 is 1.00 bits per heavy atom. The molecule has 0 rings (SSSR count). The van der Waals surface area contributed by atoms with Gasteiger partial charge in [-0.15, -0.1) is 0 Å². The lowest BCUT2D eigenvalue weighted by atomic mass is 9.96. The lowest BCUT2D eigenvalue weighted by molar-refractivity contribution is -0.476. The van der Waals surface area contributed by atoms with Gasteiger partial charge in [0.05, 0.1) is 0 Å². The van der Waals surface area contributed by atoms with Crippen molar-refractivity contribution in [2.24, 2.45) is 0 Å². The summed E-state index contributed by atoms with van der Waals surface area (Å²) in [6.07, 6.45) is -14.2. The topological polar surface area (TPSA) is 77.8 Å². The van der Waals surface area contributed by atoms with Crippen LogP contribution < -0.4 is 0 Å². The molecule has 0 aliphatic rings. The standard InChI is InChI=1S/C6H2F12O2.C4H6O2/c7-1(8,3(11,12)5(14,15)16)2(9,10)4(13,19)6(17,18)20;1-3(2)4(5)6/h19-20H;1H2,2H3,(H,5,6). The zero-order chi connectivity index (χ0) is 22.2. The van der Waals surface area contributed by atoms with Gasteiger partial charge < -0.3 is 15.3 Å². The van der Waals surface area contributed by atoms with E-state index in [0.29, 0.717) is 0 Å². The molecule has 0 aliphatic heterocycles. The summed E-state index contributed by atoms with van der Waals surface area (Å²) in [5.41, 5.74) is 0.176. The van der Waals surface area contributed by atoms with Crippen molar-refractivity contribution in [1.29, 1.82) is 0 Å². The molecule has 0 spiro atoms. The summed E-state index contributed by atoms with van der Waals surface area (Å²) in [4.78, 5) is 9.60. The van der Waals surface area contributed by atoms with E-state index in [4.69, 9.17) is 15.3 Å². The third-order valence-electron chi connectivity index (χ3n) is 2.32. The molecule has 0 radical (unpaired) electrons. The van der Waals surface area contributed by atoms with Crippen LogP contribution in [0.5, 0.6) is 0 Å². The molecule has 0 heterocycles. The summed E-state index contributed by atoms with van der Waals surface area (Å²) in [6.45, 7) is 4.60. The van der Waals surface area contributed by atoms with Crippen molar-refractivity contribution in [3.8, 4) is 0 Å². The van der Waals surface area contributed by atoms with E-state index in [1.807, 2.05) is 0 Å². The maximum absolute atomic E-state index is 12.5. The highest BCUT2D eigenvalue weighted by atomic mass is 19.4. The number of hydrogen-bond donors (Lipinski definition) is 3. The van der Waals surface area contributed by atoms with Gasteiger partial charge in [0.2, 0.25) is 0 Å². The van der Waals surface area contributed by atoms with Gasteiger partial charge in [-0.2, -0.15) is 52.7 Å². The van der Waals surface area contributed by atoms with Crippen LogP contribution in [0.4, 0.5) is 52.7 Å². The first-order valence-corrected chi connectivity index (χ1v) is 5.50. The number of carboxylic acids is 1. The third-order valence-corrected chi connectivity index (χ3v) is 2.32. The molecule has 26 heavy (non-hydrogen) atoms. The molecule has 0 fully saturated rings. The number of rotatable bonds is 5. The van der Waals surface area contributed by atoms with Crippen molar-refractivity contribution in [3.05, 3.63) is 12.2 Å². The predicted octanol–water partition coefficient (Wildman–Crippen LogP) is 3.34. The Morgan fingerprint density at radius 1 is 0.731 bits per heavy atom. The lowest BCUT2D eigenvalue weighted by Crippen LogP contribution is -2.71. The van der Waals surface area contributed by atoms with E-state index >= 15 is 0 Å². The van der Waals surface area contributed by atoms with Crippen LogP contribution >= 0.6 is 0 Å². The van der Waals surface area contributed by atoms with Crippen LogP contribution in [0, 0.1) is 0 Å². The fraction of sp³-hybridized carbons (Fsp3) is 0.700. The average molecular weight is 420 g/mol. The van der Waals surface area contributed by atoms with E-state index in [1.54, 1.807) is 0 Å². The van der Waals surface area contributed by atoms with Crippen molar-refractivity contribution in [3.63, 3.8) is 0 Å². The number of hydrogen-bond acceptors (Lipinski definition) is 3. The van der Waals surface area contributed by atoms with Crippen molar-refractivity contribution in [1.82, 2.24) is 0 Å². The Bertz CT molecular complexity index is 483. The minimum atomic E-state index is -7.84. The molecule has 4 nitrogen and oxygen atoms in total. The third kappa shape index (κ3) is 4.52. The minimum Gasteiger partial charge on any atom is -0.478 e. The Balaban J connectivity index is 0. The highest BCUT2D eigenvalue weighted by Gasteiger charge is 2.90. The van der Waals surface area contributed by atoms with Crippen LogP contribution in [-0.4, -0.2) is 57.2 Å². The zero-order valence-electron chi connectivity index (χ0n) is 12.0. The van der Waals surface area contributed by atoms with E-state index in [2.05, 4.69) is 6.58 Å². The van der Waals surface area contributed by atoms with E-state index in [-0.39, 0.29) is 5.57 Å². The van der Waals surface area contributed by atoms with E-state index in [0.717, 1.165) is 0 Å². The summed E-state index contributed by atoms with van der Waals surface area (Å²) < 4.78 is 145. The van der Waals surface area contributed by atoms with Crippen molar-refractivity contribution in [2.75, 3.05) is 0 Å². The number of aliphatic carboxylic acids is 1. The van der Waals surface area contributed by atoms with Gasteiger partial charge >= 0.3 is 41.9 Å². The maximum Gasteiger partial charge on any atom is 0.460 e. The second kappa shape index (κ2) is 7.13. The molecule has 16 heteroatoms. The zero-order valence-corrected chi connectivity index (χ0v) is 12.0. The number of carboxylic acid groups (broad SMARTS) is 1. The Morgan fingerprint density at radius 3 is 1.15 bits per heavy atom. The molecular weight excluding hydrogens is 412 g/mol. The number of alkyl halides is 12. The first-order chi connectivity index (χ1) is 10.9. The largest absolute Gasteiger partial charge is 0.478 e. The van der Waals surface area contributed by atoms with Crippen molar-refractivity contribution < 1.29 is 72.8 Å². The molecule has 3 N–H and O–H groups in total. The van der Waals surface area contributed by atoms with Gasteiger partial charge in [-0.3, -0.25) is 0 Å². The summed E-state index contributed by atoms with van der Waals surface area (Å²) in [5.74, 6) is -31.3. The van der Waals surface area contributed by atoms with Crippen LogP contribution in [0.2, 0.25) is 0 Å². The molecule has 156 valence electrons. The Hall–Kier alpha value is -1.71. The number of aliphatic hydroxyl groups is 2. The second-order valence-corrected chi connectivity index (χ2v) is 4.47. The van der Waals surface area contributed by atoms with E-state index in [1.165, 1.54) is 6.92 Å². The Labute approximate surface area is 135 Å². The summed E-state index contributed by atoms with van der Waals surface area (Å²) >= 11 is 0. The molecular formula is C10H8F12O4. The fourth-order valence-corrected chi connectivity index (χ4v) is 0.772.